The minimum atomic E-state index is 0.890. The van der Waals surface area contributed by atoms with E-state index in [0.29, 0.717) is 0 Å². The molecule has 1 saturated heterocycles. The molecule has 4 heteroatoms. The van der Waals surface area contributed by atoms with Gasteiger partial charge in [-0.15, -0.1) is 0 Å². The minimum Gasteiger partial charge on any atom is -0.339 e. The van der Waals surface area contributed by atoms with Crippen LogP contribution in [-0.4, -0.2) is 32.9 Å². The van der Waals surface area contributed by atoms with Crippen LogP contribution in [0, 0.1) is 0 Å². The van der Waals surface area contributed by atoms with E-state index in [0.717, 1.165) is 23.3 Å². The molecule has 0 bridgehead atoms. The summed E-state index contributed by atoms with van der Waals surface area (Å²) in [4.78, 5) is 14.2. The molecule has 0 amide bonds. The first-order valence-electron chi connectivity index (χ1n) is 7.49. The van der Waals surface area contributed by atoms with E-state index in [9.17, 15) is 0 Å². The number of benzene rings is 1. The summed E-state index contributed by atoms with van der Waals surface area (Å²) in [5.41, 5.74) is 4.56. The summed E-state index contributed by atoms with van der Waals surface area (Å²) in [5, 5.41) is 1.05. The van der Waals surface area contributed by atoms with Crippen molar-refractivity contribution in [3.8, 4) is 11.3 Å². The number of aromatic amines is 1. The highest BCUT2D eigenvalue weighted by Crippen LogP contribution is 2.23. The van der Waals surface area contributed by atoms with Crippen LogP contribution in [0.3, 0.4) is 0 Å². The van der Waals surface area contributed by atoms with Crippen LogP contribution in [0.25, 0.3) is 22.3 Å². The molecule has 0 radical (unpaired) electrons. The Hall–Kier alpha value is -2.20. The molecule has 0 unspecified atom stereocenters. The average Bonchev–Trinajstić information content (AvgIpc) is 3.16. The third-order valence-corrected chi connectivity index (χ3v) is 4.16. The fourth-order valence-corrected chi connectivity index (χ4v) is 3.01. The molecular weight excluding hydrogens is 260 g/mol. The van der Waals surface area contributed by atoms with E-state index in [2.05, 4.69) is 50.2 Å². The maximum Gasteiger partial charge on any atom is 0.141 e. The van der Waals surface area contributed by atoms with Crippen molar-refractivity contribution in [2.45, 2.75) is 19.4 Å². The predicted octanol–water partition coefficient (Wildman–Crippen LogP) is 3.22. The van der Waals surface area contributed by atoms with Gasteiger partial charge in [-0.05, 0) is 43.1 Å². The zero-order chi connectivity index (χ0) is 14.1. The molecule has 3 heterocycles. The summed E-state index contributed by atoms with van der Waals surface area (Å²) in [5.74, 6) is 0. The zero-order valence-electron chi connectivity index (χ0n) is 11.9. The molecule has 0 aliphatic carbocycles. The second-order valence-corrected chi connectivity index (χ2v) is 5.69. The number of rotatable bonds is 3. The number of hydrogen-bond donors (Lipinski definition) is 1. The molecule has 1 fully saturated rings. The molecule has 106 valence electrons. The maximum absolute atomic E-state index is 4.24. The highest BCUT2D eigenvalue weighted by molar-refractivity contribution is 5.82. The Morgan fingerprint density at radius 1 is 1.10 bits per heavy atom. The molecular formula is C17H18N4. The molecule has 1 N–H and O–H groups in total. The lowest BCUT2D eigenvalue weighted by Gasteiger charge is -2.14. The van der Waals surface area contributed by atoms with E-state index >= 15 is 0 Å². The van der Waals surface area contributed by atoms with Crippen molar-refractivity contribution in [1.29, 1.82) is 0 Å². The van der Waals surface area contributed by atoms with Crippen LogP contribution in [0.1, 0.15) is 18.4 Å². The molecule has 1 aliphatic rings. The average molecular weight is 278 g/mol. The topological polar surface area (TPSA) is 44.8 Å². The fourth-order valence-electron chi connectivity index (χ4n) is 3.01. The van der Waals surface area contributed by atoms with Gasteiger partial charge in [0.2, 0.25) is 0 Å². The number of H-pyrrole nitrogens is 1. The number of likely N-dealkylation sites (tertiary alicyclic amines) is 1. The van der Waals surface area contributed by atoms with Crippen molar-refractivity contribution in [2.75, 3.05) is 13.1 Å². The Balaban J connectivity index is 1.57. The quantitative estimate of drug-likeness (QED) is 0.800. The first-order valence-corrected chi connectivity index (χ1v) is 7.49. The van der Waals surface area contributed by atoms with Crippen molar-refractivity contribution in [2.24, 2.45) is 0 Å². The van der Waals surface area contributed by atoms with E-state index < -0.39 is 0 Å². The lowest BCUT2D eigenvalue weighted by Crippen LogP contribution is -2.18. The van der Waals surface area contributed by atoms with Gasteiger partial charge in [0.15, 0.2) is 0 Å². The molecule has 21 heavy (non-hydrogen) atoms. The third kappa shape index (κ3) is 2.54. The lowest BCUT2D eigenvalue weighted by molar-refractivity contribution is 0.331. The first kappa shape index (κ1) is 12.5. The Morgan fingerprint density at radius 3 is 2.67 bits per heavy atom. The van der Waals surface area contributed by atoms with Crippen LogP contribution in [-0.2, 0) is 6.54 Å². The number of nitrogens with zero attached hydrogens (tertiary/aromatic N) is 3. The van der Waals surface area contributed by atoms with Gasteiger partial charge in [0.05, 0.1) is 0 Å². The normalized spacial score (nSPS) is 15.8. The summed E-state index contributed by atoms with van der Waals surface area (Å²) in [7, 11) is 0. The van der Waals surface area contributed by atoms with Crippen LogP contribution < -0.4 is 0 Å². The SMILES string of the molecule is c1ncc2cc(-c3ccc(CN4CCCC4)cc3)[nH]c2n1. The molecule has 1 aromatic carbocycles. The van der Waals surface area contributed by atoms with Crippen LogP contribution in [0.4, 0.5) is 0 Å². The van der Waals surface area contributed by atoms with E-state index in [1.54, 1.807) is 6.33 Å². The molecule has 4 rings (SSSR count). The molecule has 0 saturated carbocycles. The van der Waals surface area contributed by atoms with Gasteiger partial charge < -0.3 is 4.98 Å². The number of nitrogens with one attached hydrogen (secondary N) is 1. The predicted molar refractivity (Wildman–Crippen MR) is 83.8 cm³/mol. The van der Waals surface area contributed by atoms with Gasteiger partial charge in [0.1, 0.15) is 12.0 Å². The smallest absolute Gasteiger partial charge is 0.141 e. The molecule has 1 aliphatic heterocycles. The van der Waals surface area contributed by atoms with Gasteiger partial charge in [-0.2, -0.15) is 0 Å². The van der Waals surface area contributed by atoms with E-state index in [-0.39, 0.29) is 0 Å². The monoisotopic (exact) mass is 278 g/mol. The summed E-state index contributed by atoms with van der Waals surface area (Å²) >= 11 is 0. The van der Waals surface area contributed by atoms with E-state index in [4.69, 9.17) is 0 Å². The van der Waals surface area contributed by atoms with Gasteiger partial charge in [-0.3, -0.25) is 4.90 Å². The zero-order valence-corrected chi connectivity index (χ0v) is 11.9. The van der Waals surface area contributed by atoms with Crippen molar-refractivity contribution in [3.63, 3.8) is 0 Å². The fraction of sp³-hybridized carbons (Fsp3) is 0.294. The Kier molecular flexibility index (Phi) is 3.16. The van der Waals surface area contributed by atoms with Crippen molar-refractivity contribution in [3.05, 3.63) is 48.4 Å². The Morgan fingerprint density at radius 2 is 1.90 bits per heavy atom. The van der Waals surface area contributed by atoms with Crippen molar-refractivity contribution in [1.82, 2.24) is 19.9 Å². The summed E-state index contributed by atoms with van der Waals surface area (Å²) in [6, 6.07) is 10.9. The van der Waals surface area contributed by atoms with Crippen molar-refractivity contribution < 1.29 is 0 Å². The second kappa shape index (κ2) is 5.30. The number of hydrogen-bond acceptors (Lipinski definition) is 3. The molecule has 2 aromatic heterocycles. The molecule has 0 spiro atoms. The molecule has 3 aromatic rings. The highest BCUT2D eigenvalue weighted by Gasteiger charge is 2.11. The van der Waals surface area contributed by atoms with Crippen molar-refractivity contribution >= 4 is 11.0 Å². The van der Waals surface area contributed by atoms with Gasteiger partial charge >= 0.3 is 0 Å². The van der Waals surface area contributed by atoms with Crippen LogP contribution >= 0.6 is 0 Å². The third-order valence-electron chi connectivity index (χ3n) is 4.16. The minimum absolute atomic E-state index is 0.890. The lowest BCUT2D eigenvalue weighted by atomic mass is 10.1. The van der Waals surface area contributed by atoms with E-state index in [1.807, 2.05) is 6.20 Å². The van der Waals surface area contributed by atoms with Gasteiger partial charge in [0.25, 0.3) is 0 Å². The highest BCUT2D eigenvalue weighted by atomic mass is 15.1. The standard InChI is InChI=1S/C17H18N4/c1-2-8-21(7-1)11-13-3-5-14(6-4-13)16-9-15-10-18-12-19-17(15)20-16/h3-6,9-10,12H,1-2,7-8,11H2,(H,18,19,20). The maximum atomic E-state index is 4.24. The summed E-state index contributed by atoms with van der Waals surface area (Å²) in [6.07, 6.45) is 6.09. The second-order valence-electron chi connectivity index (χ2n) is 5.69. The number of fused-ring (bicyclic) bond motifs is 1. The first-order chi connectivity index (χ1) is 10.4. The van der Waals surface area contributed by atoms with Gasteiger partial charge in [-0.25, -0.2) is 9.97 Å². The molecule has 0 atom stereocenters. The Labute approximate surface area is 123 Å². The van der Waals surface area contributed by atoms with E-state index in [1.165, 1.54) is 37.1 Å². The number of aromatic nitrogens is 3. The Bertz CT molecular complexity index is 706. The largest absolute Gasteiger partial charge is 0.339 e. The van der Waals surface area contributed by atoms with Crippen LogP contribution in [0.2, 0.25) is 0 Å². The van der Waals surface area contributed by atoms with Crippen LogP contribution in [0.5, 0.6) is 0 Å². The van der Waals surface area contributed by atoms with Crippen LogP contribution in [0.15, 0.2) is 42.9 Å². The summed E-state index contributed by atoms with van der Waals surface area (Å²) in [6.45, 7) is 3.54. The van der Waals surface area contributed by atoms with Gasteiger partial charge in [-0.1, -0.05) is 24.3 Å². The summed E-state index contributed by atoms with van der Waals surface area (Å²) < 4.78 is 0. The van der Waals surface area contributed by atoms with Gasteiger partial charge in [0, 0.05) is 23.8 Å². The molecule has 4 nitrogen and oxygen atoms in total.